The van der Waals surface area contributed by atoms with Crippen LogP contribution in [0.2, 0.25) is 0 Å². The zero-order chi connectivity index (χ0) is 24.1. The fourth-order valence-corrected chi connectivity index (χ4v) is 7.12. The number of nitrogens with zero attached hydrogens (tertiary/aromatic N) is 1. The third-order valence-electron chi connectivity index (χ3n) is 8.77. The number of alkyl halides is 6. The Morgan fingerprint density at radius 2 is 1.61 bits per heavy atom. The van der Waals surface area contributed by atoms with Crippen LogP contribution in [0.15, 0.2) is 18.2 Å². The Bertz CT molecular complexity index is 820. The van der Waals surface area contributed by atoms with Crippen molar-refractivity contribution in [2.24, 2.45) is 11.8 Å². The van der Waals surface area contributed by atoms with Gasteiger partial charge in [-0.2, -0.15) is 26.3 Å². The van der Waals surface area contributed by atoms with Crippen molar-refractivity contribution in [3.63, 3.8) is 0 Å². The maximum Gasteiger partial charge on any atom is 0.416 e. The Morgan fingerprint density at radius 1 is 0.939 bits per heavy atom. The van der Waals surface area contributed by atoms with Crippen LogP contribution in [0.3, 0.4) is 0 Å². The molecule has 1 aromatic rings. The average Bonchev–Trinajstić information content (AvgIpc) is 3.29. The molecule has 1 aromatic carbocycles. The molecule has 3 aliphatic rings. The van der Waals surface area contributed by atoms with Crippen LogP contribution in [-0.4, -0.2) is 35.8 Å². The van der Waals surface area contributed by atoms with Gasteiger partial charge in [0.1, 0.15) is 24.7 Å². The maximum absolute atomic E-state index is 13.4. The number of hydrogen-bond donors (Lipinski definition) is 0. The molecule has 0 bridgehead atoms. The van der Waals surface area contributed by atoms with Crippen molar-refractivity contribution in [2.45, 2.75) is 89.3 Å². The first-order chi connectivity index (χ1) is 15.4. The van der Waals surface area contributed by atoms with Gasteiger partial charge in [0.25, 0.3) is 0 Å². The standard InChI is InChI=1S/C25H34F6NO/c1-3-4-5-6-11-33-22-16-32(10-9-18-7-8-21(22)23(18,32)2)15-17-12-19(24(26,27)28)14-20(13-17)25(29,30)31/h12-14,18,21-22H,3-11,15-16H2,1-2H3/q+1/t18-,21+,22+,23+,32+/m0/s1. The highest BCUT2D eigenvalue weighted by Gasteiger charge is 2.71. The molecule has 8 heteroatoms. The van der Waals surface area contributed by atoms with Crippen LogP contribution >= 0.6 is 0 Å². The summed E-state index contributed by atoms with van der Waals surface area (Å²) in [6.07, 6.45) is -2.16. The minimum Gasteiger partial charge on any atom is -0.372 e. The molecule has 3 fully saturated rings. The van der Waals surface area contributed by atoms with Crippen molar-refractivity contribution >= 4 is 0 Å². The van der Waals surface area contributed by atoms with E-state index in [1.54, 1.807) is 0 Å². The highest BCUT2D eigenvalue weighted by Crippen LogP contribution is 2.61. The molecule has 0 N–H and O–H groups in total. The SMILES string of the molecule is CCCCCCO[C@@H]1C[N@+]2(Cc3cc(C(F)(F)F)cc(C(F)(F)F)c3)CC[C@@H]3CC[C@H]1[C@@]32C. The van der Waals surface area contributed by atoms with Crippen molar-refractivity contribution < 1.29 is 35.6 Å². The van der Waals surface area contributed by atoms with Crippen LogP contribution in [0, 0.1) is 11.8 Å². The lowest BCUT2D eigenvalue weighted by Gasteiger charge is -2.44. The highest BCUT2D eigenvalue weighted by molar-refractivity contribution is 5.33. The van der Waals surface area contributed by atoms with Gasteiger partial charge in [0.05, 0.1) is 17.7 Å². The molecule has 0 amide bonds. The third-order valence-corrected chi connectivity index (χ3v) is 8.77. The zero-order valence-electron chi connectivity index (χ0n) is 19.4. The van der Waals surface area contributed by atoms with Crippen LogP contribution in [0.1, 0.15) is 75.5 Å². The first-order valence-corrected chi connectivity index (χ1v) is 12.2. The first-order valence-electron chi connectivity index (χ1n) is 12.2. The molecule has 33 heavy (non-hydrogen) atoms. The van der Waals surface area contributed by atoms with Crippen LogP contribution in [-0.2, 0) is 23.6 Å². The summed E-state index contributed by atoms with van der Waals surface area (Å²) in [5.74, 6) is 0.758. The fourth-order valence-electron chi connectivity index (χ4n) is 7.12. The predicted molar refractivity (Wildman–Crippen MR) is 113 cm³/mol. The lowest BCUT2D eigenvalue weighted by Crippen LogP contribution is -2.57. The van der Waals surface area contributed by atoms with Gasteiger partial charge in [0, 0.05) is 30.4 Å². The zero-order valence-corrected chi connectivity index (χ0v) is 19.4. The monoisotopic (exact) mass is 478 g/mol. The molecule has 1 aliphatic carbocycles. The van der Waals surface area contributed by atoms with E-state index in [1.165, 1.54) is 0 Å². The summed E-state index contributed by atoms with van der Waals surface area (Å²) in [6.45, 7) is 6.67. The number of rotatable bonds is 8. The summed E-state index contributed by atoms with van der Waals surface area (Å²) in [4.78, 5) is 0. The summed E-state index contributed by atoms with van der Waals surface area (Å²) < 4.78 is 87.4. The van der Waals surface area contributed by atoms with Gasteiger partial charge in [-0.25, -0.2) is 0 Å². The number of halogens is 6. The Balaban J connectivity index is 1.62. The Kier molecular flexibility index (Phi) is 6.58. The minimum absolute atomic E-state index is 0.0230. The van der Waals surface area contributed by atoms with Crippen LogP contribution in [0.25, 0.3) is 0 Å². The molecule has 2 aliphatic heterocycles. The predicted octanol–water partition coefficient (Wildman–Crippen LogP) is 7.21. The third kappa shape index (κ3) is 4.42. The number of benzene rings is 1. The van der Waals surface area contributed by atoms with E-state index in [0.29, 0.717) is 29.5 Å². The molecule has 4 rings (SSSR count). The Morgan fingerprint density at radius 3 is 2.21 bits per heavy atom. The van der Waals surface area contributed by atoms with E-state index >= 15 is 0 Å². The van der Waals surface area contributed by atoms with Crippen molar-refractivity contribution in [3.05, 3.63) is 34.9 Å². The fraction of sp³-hybridized carbons (Fsp3) is 0.760. The molecule has 0 aromatic heterocycles. The number of ether oxygens (including phenoxy) is 1. The van der Waals surface area contributed by atoms with Crippen LogP contribution in [0.5, 0.6) is 0 Å². The molecule has 5 atom stereocenters. The Labute approximate surface area is 191 Å². The average molecular weight is 479 g/mol. The van der Waals surface area contributed by atoms with E-state index in [-0.39, 0.29) is 29.8 Å². The summed E-state index contributed by atoms with van der Waals surface area (Å²) >= 11 is 0. The van der Waals surface area contributed by atoms with Gasteiger partial charge in [-0.3, -0.25) is 0 Å². The summed E-state index contributed by atoms with van der Waals surface area (Å²) in [5.41, 5.74) is -2.48. The second-order valence-corrected chi connectivity index (χ2v) is 10.5. The summed E-state index contributed by atoms with van der Waals surface area (Å²) in [5, 5.41) is 0. The summed E-state index contributed by atoms with van der Waals surface area (Å²) in [6, 6.07) is 2.06. The van der Waals surface area contributed by atoms with E-state index < -0.39 is 23.5 Å². The quantitative estimate of drug-likeness (QED) is 0.218. The molecule has 2 saturated heterocycles. The maximum atomic E-state index is 13.4. The normalized spacial score (nSPS) is 33.6. The van der Waals surface area contributed by atoms with Gasteiger partial charge in [0.15, 0.2) is 0 Å². The molecule has 186 valence electrons. The molecule has 2 heterocycles. The summed E-state index contributed by atoms with van der Waals surface area (Å²) in [7, 11) is 0. The molecule has 0 unspecified atom stereocenters. The van der Waals surface area contributed by atoms with E-state index in [9.17, 15) is 26.3 Å². The van der Waals surface area contributed by atoms with Crippen LogP contribution in [0.4, 0.5) is 26.3 Å². The highest BCUT2D eigenvalue weighted by atomic mass is 19.4. The van der Waals surface area contributed by atoms with Gasteiger partial charge in [-0.05, 0) is 44.4 Å². The van der Waals surface area contributed by atoms with Crippen molar-refractivity contribution in [1.82, 2.24) is 0 Å². The topological polar surface area (TPSA) is 9.23 Å². The van der Waals surface area contributed by atoms with Gasteiger partial charge in [0.2, 0.25) is 0 Å². The number of hydrogen-bond acceptors (Lipinski definition) is 1. The molecular formula is C25H34F6NO+. The van der Waals surface area contributed by atoms with Crippen molar-refractivity contribution in [2.75, 3.05) is 19.7 Å². The Hall–Kier alpha value is -1.28. The van der Waals surface area contributed by atoms with E-state index in [0.717, 1.165) is 63.6 Å². The van der Waals surface area contributed by atoms with Gasteiger partial charge < -0.3 is 9.22 Å². The van der Waals surface area contributed by atoms with E-state index in [2.05, 4.69) is 13.8 Å². The molecule has 2 nitrogen and oxygen atoms in total. The van der Waals surface area contributed by atoms with Crippen LogP contribution < -0.4 is 0 Å². The number of quaternary nitrogens is 1. The first kappa shape index (κ1) is 24.8. The molecular weight excluding hydrogens is 444 g/mol. The smallest absolute Gasteiger partial charge is 0.372 e. The second-order valence-electron chi connectivity index (χ2n) is 10.5. The lowest BCUT2D eigenvalue weighted by atomic mass is 9.83. The van der Waals surface area contributed by atoms with E-state index in [4.69, 9.17) is 4.74 Å². The molecule has 0 spiro atoms. The van der Waals surface area contributed by atoms with Gasteiger partial charge in [-0.1, -0.05) is 26.2 Å². The lowest BCUT2D eigenvalue weighted by molar-refractivity contribution is -0.966. The van der Waals surface area contributed by atoms with Crippen molar-refractivity contribution in [1.29, 1.82) is 0 Å². The number of unbranched alkanes of at least 4 members (excludes halogenated alkanes) is 3. The molecule has 1 saturated carbocycles. The minimum atomic E-state index is -4.82. The van der Waals surface area contributed by atoms with E-state index in [1.807, 2.05) is 0 Å². The molecule has 0 radical (unpaired) electrons. The van der Waals surface area contributed by atoms with Gasteiger partial charge >= 0.3 is 12.4 Å². The second kappa shape index (κ2) is 8.74. The largest absolute Gasteiger partial charge is 0.416 e. The van der Waals surface area contributed by atoms with Gasteiger partial charge in [-0.15, -0.1) is 0 Å². The van der Waals surface area contributed by atoms with Crippen molar-refractivity contribution in [3.8, 4) is 0 Å².